The Labute approximate surface area is 119 Å². The third-order valence-electron chi connectivity index (χ3n) is 3.92. The van der Waals surface area contributed by atoms with E-state index in [0.717, 1.165) is 5.56 Å². The Kier molecular flexibility index (Phi) is 4.45. The standard InChI is InChI=1S/C16H20O4/c1-10-12(9-11-7-5-4-6-8-11)14(18)16(20-3)15(19-2)13(10)17/h4-8,10,12,14,18H,9H2,1-3H3/t10-,12+,14-/m1/s1. The van der Waals surface area contributed by atoms with E-state index in [0.29, 0.717) is 6.42 Å². The molecule has 0 radical (unpaired) electrons. The van der Waals surface area contributed by atoms with Crippen molar-refractivity contribution in [3.05, 3.63) is 47.4 Å². The van der Waals surface area contributed by atoms with E-state index in [2.05, 4.69) is 0 Å². The molecule has 2 rings (SSSR count). The number of hydrogen-bond acceptors (Lipinski definition) is 4. The van der Waals surface area contributed by atoms with Crippen LogP contribution in [0.3, 0.4) is 0 Å². The summed E-state index contributed by atoms with van der Waals surface area (Å²) in [7, 11) is 2.86. The monoisotopic (exact) mass is 276 g/mol. The summed E-state index contributed by atoms with van der Waals surface area (Å²) in [4.78, 5) is 12.3. The lowest BCUT2D eigenvalue weighted by atomic mass is 9.76. The number of Topliss-reactive ketones (excluding diaryl/α,β-unsaturated/α-hetero) is 1. The highest BCUT2D eigenvalue weighted by Crippen LogP contribution is 2.34. The first-order valence-corrected chi connectivity index (χ1v) is 6.68. The minimum absolute atomic E-state index is 0.115. The number of hydrogen-bond donors (Lipinski definition) is 1. The Morgan fingerprint density at radius 3 is 2.35 bits per heavy atom. The molecule has 4 heteroatoms. The Bertz CT molecular complexity index is 506. The number of carbonyl (C=O) groups excluding carboxylic acids is 1. The van der Waals surface area contributed by atoms with E-state index in [1.807, 2.05) is 37.3 Å². The van der Waals surface area contributed by atoms with Crippen LogP contribution in [0.15, 0.2) is 41.9 Å². The van der Waals surface area contributed by atoms with E-state index in [4.69, 9.17) is 9.47 Å². The number of aliphatic hydroxyl groups excluding tert-OH is 1. The van der Waals surface area contributed by atoms with Gasteiger partial charge in [-0.3, -0.25) is 4.79 Å². The fourth-order valence-electron chi connectivity index (χ4n) is 2.71. The number of ether oxygens (including phenoxy) is 2. The lowest BCUT2D eigenvalue weighted by Gasteiger charge is -2.34. The number of methoxy groups -OCH3 is 2. The molecule has 108 valence electrons. The average molecular weight is 276 g/mol. The second-order valence-electron chi connectivity index (χ2n) is 5.05. The molecule has 1 aliphatic rings. The van der Waals surface area contributed by atoms with Gasteiger partial charge in [-0.05, 0) is 12.0 Å². The third kappa shape index (κ3) is 2.56. The number of aliphatic hydroxyl groups is 1. The summed E-state index contributed by atoms with van der Waals surface area (Å²) < 4.78 is 10.3. The topological polar surface area (TPSA) is 55.8 Å². The summed E-state index contributed by atoms with van der Waals surface area (Å²) >= 11 is 0. The van der Waals surface area contributed by atoms with Crippen molar-refractivity contribution in [2.24, 2.45) is 11.8 Å². The van der Waals surface area contributed by atoms with E-state index in [9.17, 15) is 9.90 Å². The molecule has 1 aliphatic carbocycles. The normalized spacial score (nSPS) is 26.6. The fourth-order valence-corrected chi connectivity index (χ4v) is 2.71. The largest absolute Gasteiger partial charge is 0.494 e. The molecular weight excluding hydrogens is 256 g/mol. The molecule has 0 amide bonds. The second-order valence-corrected chi connectivity index (χ2v) is 5.05. The van der Waals surface area contributed by atoms with Crippen LogP contribution in [-0.4, -0.2) is 31.2 Å². The van der Waals surface area contributed by atoms with Crippen molar-refractivity contribution >= 4 is 5.78 Å². The summed E-state index contributed by atoms with van der Waals surface area (Å²) in [6.07, 6.45) is -0.207. The molecule has 0 aliphatic heterocycles. The van der Waals surface area contributed by atoms with Crippen LogP contribution < -0.4 is 0 Å². The first-order chi connectivity index (χ1) is 9.60. The first kappa shape index (κ1) is 14.6. The lowest BCUT2D eigenvalue weighted by Crippen LogP contribution is -2.41. The lowest BCUT2D eigenvalue weighted by molar-refractivity contribution is -0.128. The van der Waals surface area contributed by atoms with E-state index in [1.165, 1.54) is 14.2 Å². The van der Waals surface area contributed by atoms with Crippen LogP contribution in [0.5, 0.6) is 0 Å². The SMILES string of the molecule is COC1=C(OC)[C@H](O)[C@@H](Cc2ccccc2)[C@@H](C)C1=O. The molecule has 4 nitrogen and oxygen atoms in total. The van der Waals surface area contributed by atoms with Gasteiger partial charge >= 0.3 is 0 Å². The fraction of sp³-hybridized carbons (Fsp3) is 0.438. The van der Waals surface area contributed by atoms with Crippen LogP contribution in [0.4, 0.5) is 0 Å². The summed E-state index contributed by atoms with van der Waals surface area (Å²) in [5, 5.41) is 10.5. The molecule has 0 heterocycles. The quantitative estimate of drug-likeness (QED) is 0.913. The van der Waals surface area contributed by atoms with Gasteiger partial charge in [-0.1, -0.05) is 37.3 Å². The molecule has 0 fully saturated rings. The molecule has 0 aromatic heterocycles. The van der Waals surface area contributed by atoms with Crippen molar-refractivity contribution in [1.82, 2.24) is 0 Å². The van der Waals surface area contributed by atoms with Crippen molar-refractivity contribution in [3.8, 4) is 0 Å². The van der Waals surface area contributed by atoms with Crippen molar-refractivity contribution in [2.45, 2.75) is 19.4 Å². The first-order valence-electron chi connectivity index (χ1n) is 6.68. The molecule has 1 N–H and O–H groups in total. The maximum Gasteiger partial charge on any atom is 0.204 e. The third-order valence-corrected chi connectivity index (χ3v) is 3.92. The van der Waals surface area contributed by atoms with Gasteiger partial charge in [-0.25, -0.2) is 0 Å². The number of allylic oxidation sites excluding steroid dienone is 1. The zero-order chi connectivity index (χ0) is 14.7. The Morgan fingerprint density at radius 1 is 1.15 bits per heavy atom. The Hall–Kier alpha value is -1.81. The number of ketones is 1. The Morgan fingerprint density at radius 2 is 1.80 bits per heavy atom. The van der Waals surface area contributed by atoms with Crippen LogP contribution in [0, 0.1) is 11.8 Å². The maximum absolute atomic E-state index is 12.3. The van der Waals surface area contributed by atoms with Gasteiger partial charge in [0.1, 0.15) is 6.10 Å². The van der Waals surface area contributed by atoms with Crippen LogP contribution in [0.1, 0.15) is 12.5 Å². The molecule has 0 bridgehead atoms. The predicted octanol–water partition coefficient (Wildman–Crippen LogP) is 1.93. The van der Waals surface area contributed by atoms with E-state index < -0.39 is 6.10 Å². The molecule has 0 saturated heterocycles. The minimum Gasteiger partial charge on any atom is -0.494 e. The molecule has 3 atom stereocenters. The van der Waals surface area contributed by atoms with Crippen molar-refractivity contribution < 1.29 is 19.4 Å². The summed E-state index contributed by atoms with van der Waals surface area (Å²) in [6.45, 7) is 1.82. The molecule has 1 aromatic carbocycles. The summed E-state index contributed by atoms with van der Waals surface area (Å²) in [5.74, 6) is -0.262. The molecule has 20 heavy (non-hydrogen) atoms. The van der Waals surface area contributed by atoms with Gasteiger partial charge in [0.25, 0.3) is 0 Å². The average Bonchev–Trinajstić information content (AvgIpc) is 2.48. The van der Waals surface area contributed by atoms with Crippen LogP contribution >= 0.6 is 0 Å². The number of benzene rings is 1. The van der Waals surface area contributed by atoms with Crippen LogP contribution in [0.2, 0.25) is 0 Å². The highest BCUT2D eigenvalue weighted by molar-refractivity contribution is 5.97. The maximum atomic E-state index is 12.3. The van der Waals surface area contributed by atoms with Crippen molar-refractivity contribution in [2.75, 3.05) is 14.2 Å². The smallest absolute Gasteiger partial charge is 0.204 e. The Balaban J connectivity index is 2.31. The summed E-state index contributed by atoms with van der Waals surface area (Å²) in [6, 6.07) is 9.83. The zero-order valence-electron chi connectivity index (χ0n) is 12.0. The van der Waals surface area contributed by atoms with Gasteiger partial charge in [0, 0.05) is 11.8 Å². The minimum atomic E-state index is -0.831. The van der Waals surface area contributed by atoms with Gasteiger partial charge in [-0.2, -0.15) is 0 Å². The molecule has 0 unspecified atom stereocenters. The number of rotatable bonds is 4. The second kappa shape index (κ2) is 6.09. The van der Waals surface area contributed by atoms with E-state index in [1.54, 1.807) is 0 Å². The van der Waals surface area contributed by atoms with E-state index >= 15 is 0 Å². The zero-order valence-corrected chi connectivity index (χ0v) is 12.0. The van der Waals surface area contributed by atoms with Gasteiger partial charge in [0.15, 0.2) is 5.76 Å². The van der Waals surface area contributed by atoms with Gasteiger partial charge in [0.2, 0.25) is 11.5 Å². The van der Waals surface area contributed by atoms with Gasteiger partial charge in [-0.15, -0.1) is 0 Å². The predicted molar refractivity (Wildman–Crippen MR) is 74.9 cm³/mol. The highest BCUT2D eigenvalue weighted by atomic mass is 16.5. The van der Waals surface area contributed by atoms with Crippen molar-refractivity contribution in [3.63, 3.8) is 0 Å². The van der Waals surface area contributed by atoms with Gasteiger partial charge < -0.3 is 14.6 Å². The molecule has 0 saturated carbocycles. The summed E-state index contributed by atoms with van der Waals surface area (Å²) in [5.41, 5.74) is 1.09. The molecule has 0 spiro atoms. The van der Waals surface area contributed by atoms with E-state index in [-0.39, 0.29) is 29.1 Å². The highest BCUT2D eigenvalue weighted by Gasteiger charge is 2.42. The van der Waals surface area contributed by atoms with Crippen molar-refractivity contribution in [1.29, 1.82) is 0 Å². The van der Waals surface area contributed by atoms with Crippen LogP contribution in [-0.2, 0) is 20.7 Å². The number of carbonyl (C=O) groups is 1. The molecular formula is C16H20O4. The molecule has 1 aromatic rings. The van der Waals surface area contributed by atoms with Gasteiger partial charge in [0.05, 0.1) is 14.2 Å². The van der Waals surface area contributed by atoms with Crippen LogP contribution in [0.25, 0.3) is 0 Å².